The van der Waals surface area contributed by atoms with Crippen LogP contribution in [-0.2, 0) is 4.74 Å². The molecule has 0 aliphatic carbocycles. The van der Waals surface area contributed by atoms with Gasteiger partial charge in [0.05, 0.1) is 12.7 Å². The van der Waals surface area contributed by atoms with Crippen molar-refractivity contribution < 1.29 is 9.53 Å². The molecular formula is C14H10Br2O2S. The molecule has 0 fully saturated rings. The Balaban J connectivity index is 2.15. The maximum Gasteiger partial charge on any atom is 0.337 e. The fraction of sp³-hybridized carbons (Fsp3) is 0.0714. The van der Waals surface area contributed by atoms with E-state index in [4.69, 9.17) is 0 Å². The largest absolute Gasteiger partial charge is 0.465 e. The van der Waals surface area contributed by atoms with Crippen LogP contribution >= 0.6 is 43.6 Å². The van der Waals surface area contributed by atoms with Gasteiger partial charge in [-0.1, -0.05) is 11.8 Å². The van der Waals surface area contributed by atoms with Crippen molar-refractivity contribution in [2.75, 3.05) is 7.11 Å². The van der Waals surface area contributed by atoms with E-state index in [9.17, 15) is 4.79 Å². The average molecular weight is 402 g/mol. The van der Waals surface area contributed by atoms with Crippen LogP contribution in [0.4, 0.5) is 0 Å². The number of carbonyl (C=O) groups is 1. The van der Waals surface area contributed by atoms with E-state index in [0.29, 0.717) is 5.56 Å². The van der Waals surface area contributed by atoms with Gasteiger partial charge < -0.3 is 4.74 Å². The molecule has 0 atom stereocenters. The molecule has 98 valence electrons. The molecule has 2 aromatic rings. The first-order valence-corrected chi connectivity index (χ1v) is 7.81. The van der Waals surface area contributed by atoms with Crippen molar-refractivity contribution in [1.82, 2.24) is 0 Å². The Morgan fingerprint density at radius 2 is 1.63 bits per heavy atom. The lowest BCUT2D eigenvalue weighted by Crippen LogP contribution is -2.00. The molecule has 0 aromatic heterocycles. The molecule has 2 nitrogen and oxygen atoms in total. The molecule has 0 aliphatic rings. The van der Waals surface area contributed by atoms with Gasteiger partial charge in [0.15, 0.2) is 0 Å². The van der Waals surface area contributed by atoms with Crippen molar-refractivity contribution in [3.8, 4) is 0 Å². The number of carbonyl (C=O) groups excluding carboxylic acids is 1. The Bertz CT molecular complexity index is 597. The lowest BCUT2D eigenvalue weighted by Gasteiger charge is -2.04. The third-order valence-electron chi connectivity index (χ3n) is 2.40. The van der Waals surface area contributed by atoms with Crippen LogP contribution in [0, 0.1) is 0 Å². The van der Waals surface area contributed by atoms with E-state index in [2.05, 4.69) is 36.6 Å². The van der Waals surface area contributed by atoms with Crippen molar-refractivity contribution in [3.63, 3.8) is 0 Å². The Morgan fingerprint density at radius 3 is 2.21 bits per heavy atom. The van der Waals surface area contributed by atoms with Gasteiger partial charge in [-0.25, -0.2) is 4.79 Å². The zero-order chi connectivity index (χ0) is 13.8. The molecule has 0 spiro atoms. The highest BCUT2D eigenvalue weighted by atomic mass is 79.9. The third-order valence-corrected chi connectivity index (χ3v) is 5.28. The fourth-order valence-corrected chi connectivity index (χ4v) is 3.09. The quantitative estimate of drug-likeness (QED) is 0.665. The van der Waals surface area contributed by atoms with Crippen molar-refractivity contribution in [2.24, 2.45) is 0 Å². The van der Waals surface area contributed by atoms with Gasteiger partial charge in [-0.2, -0.15) is 0 Å². The highest BCUT2D eigenvalue weighted by Gasteiger charge is 2.05. The first-order chi connectivity index (χ1) is 9.10. The molecule has 0 unspecified atom stereocenters. The van der Waals surface area contributed by atoms with Crippen LogP contribution in [0.15, 0.2) is 61.2 Å². The second kappa shape index (κ2) is 6.59. The zero-order valence-corrected chi connectivity index (χ0v) is 14.0. The molecule has 0 amide bonds. The second-order valence-corrected chi connectivity index (χ2v) is 6.55. The standard InChI is InChI=1S/C14H10Br2O2S/c1-18-14(17)9-2-4-10(5-3-9)19-11-6-7-12(15)13(16)8-11/h2-8H,1H3. The maximum atomic E-state index is 11.3. The van der Waals surface area contributed by atoms with E-state index in [1.165, 1.54) is 7.11 Å². The Labute approximate surface area is 132 Å². The molecule has 0 saturated carbocycles. The summed E-state index contributed by atoms with van der Waals surface area (Å²) >= 11 is 8.55. The van der Waals surface area contributed by atoms with E-state index < -0.39 is 0 Å². The van der Waals surface area contributed by atoms with E-state index in [0.717, 1.165) is 18.7 Å². The van der Waals surface area contributed by atoms with Crippen molar-refractivity contribution >= 4 is 49.6 Å². The van der Waals surface area contributed by atoms with E-state index >= 15 is 0 Å². The van der Waals surface area contributed by atoms with Gasteiger partial charge in [0, 0.05) is 18.7 Å². The Morgan fingerprint density at radius 1 is 1.00 bits per heavy atom. The van der Waals surface area contributed by atoms with Gasteiger partial charge in [-0.05, 0) is 74.3 Å². The summed E-state index contributed by atoms with van der Waals surface area (Å²) in [6, 6.07) is 13.4. The monoisotopic (exact) mass is 400 g/mol. The van der Waals surface area contributed by atoms with Crippen LogP contribution in [0.1, 0.15) is 10.4 Å². The summed E-state index contributed by atoms with van der Waals surface area (Å²) in [7, 11) is 1.38. The smallest absolute Gasteiger partial charge is 0.337 e. The lowest BCUT2D eigenvalue weighted by atomic mass is 10.2. The molecule has 5 heteroatoms. The molecule has 19 heavy (non-hydrogen) atoms. The molecular weight excluding hydrogens is 392 g/mol. The predicted octanol–water partition coefficient (Wildman–Crippen LogP) is 5.15. The summed E-state index contributed by atoms with van der Waals surface area (Å²) in [6.07, 6.45) is 0. The molecule has 0 bridgehead atoms. The summed E-state index contributed by atoms with van der Waals surface area (Å²) in [6.45, 7) is 0. The van der Waals surface area contributed by atoms with Crippen LogP contribution < -0.4 is 0 Å². The Hall–Kier alpha value is -0.780. The lowest BCUT2D eigenvalue weighted by molar-refractivity contribution is 0.0600. The Kier molecular flexibility index (Phi) is 5.07. The van der Waals surface area contributed by atoms with Crippen LogP contribution in [-0.4, -0.2) is 13.1 Å². The topological polar surface area (TPSA) is 26.3 Å². The van der Waals surface area contributed by atoms with Gasteiger partial charge in [0.25, 0.3) is 0 Å². The number of hydrogen-bond acceptors (Lipinski definition) is 3. The number of esters is 1. The van der Waals surface area contributed by atoms with E-state index in [1.54, 1.807) is 23.9 Å². The van der Waals surface area contributed by atoms with Crippen molar-refractivity contribution in [1.29, 1.82) is 0 Å². The number of ether oxygens (including phenoxy) is 1. The second-order valence-electron chi connectivity index (χ2n) is 3.69. The number of halogens is 2. The number of methoxy groups -OCH3 is 1. The number of benzene rings is 2. The molecule has 2 rings (SSSR count). The molecule has 0 radical (unpaired) electrons. The summed E-state index contributed by atoms with van der Waals surface area (Å²) in [5, 5.41) is 0. The fourth-order valence-electron chi connectivity index (χ4n) is 1.45. The third kappa shape index (κ3) is 3.84. The van der Waals surface area contributed by atoms with Gasteiger partial charge >= 0.3 is 5.97 Å². The minimum Gasteiger partial charge on any atom is -0.465 e. The van der Waals surface area contributed by atoms with Crippen LogP contribution in [0.3, 0.4) is 0 Å². The molecule has 0 aliphatic heterocycles. The number of rotatable bonds is 3. The SMILES string of the molecule is COC(=O)c1ccc(Sc2ccc(Br)c(Br)c2)cc1. The van der Waals surface area contributed by atoms with Crippen LogP contribution in [0.2, 0.25) is 0 Å². The molecule has 0 N–H and O–H groups in total. The molecule has 0 saturated heterocycles. The van der Waals surface area contributed by atoms with E-state index in [1.807, 2.05) is 30.3 Å². The molecule has 0 heterocycles. The minimum absolute atomic E-state index is 0.317. The molecule has 2 aromatic carbocycles. The highest BCUT2D eigenvalue weighted by molar-refractivity contribution is 9.13. The maximum absolute atomic E-state index is 11.3. The number of hydrogen-bond donors (Lipinski definition) is 0. The van der Waals surface area contributed by atoms with Gasteiger partial charge in [0.2, 0.25) is 0 Å². The van der Waals surface area contributed by atoms with Crippen molar-refractivity contribution in [3.05, 3.63) is 57.0 Å². The predicted molar refractivity (Wildman–Crippen MR) is 83.7 cm³/mol. The van der Waals surface area contributed by atoms with Crippen molar-refractivity contribution in [2.45, 2.75) is 9.79 Å². The summed E-state index contributed by atoms with van der Waals surface area (Å²) < 4.78 is 6.71. The highest BCUT2D eigenvalue weighted by Crippen LogP contribution is 2.32. The van der Waals surface area contributed by atoms with Gasteiger partial charge in [0.1, 0.15) is 0 Å². The zero-order valence-electron chi connectivity index (χ0n) is 10.0. The van der Waals surface area contributed by atoms with Crippen LogP contribution in [0.25, 0.3) is 0 Å². The van der Waals surface area contributed by atoms with Gasteiger partial charge in [-0.3, -0.25) is 0 Å². The summed E-state index contributed by atoms with van der Waals surface area (Å²) in [5.74, 6) is -0.317. The average Bonchev–Trinajstić information content (AvgIpc) is 2.43. The minimum atomic E-state index is -0.317. The van der Waals surface area contributed by atoms with Crippen LogP contribution in [0.5, 0.6) is 0 Å². The van der Waals surface area contributed by atoms with Gasteiger partial charge in [-0.15, -0.1) is 0 Å². The van der Waals surface area contributed by atoms with E-state index in [-0.39, 0.29) is 5.97 Å². The normalized spacial score (nSPS) is 10.3. The first kappa shape index (κ1) is 14.6. The first-order valence-electron chi connectivity index (χ1n) is 5.41. The summed E-state index contributed by atoms with van der Waals surface area (Å²) in [5.41, 5.74) is 0.559. The summed E-state index contributed by atoms with van der Waals surface area (Å²) in [4.78, 5) is 13.5.